The first-order valence-electron chi connectivity index (χ1n) is 8.15. The maximum Gasteiger partial charge on any atom is 0.338 e. The van der Waals surface area contributed by atoms with Gasteiger partial charge in [0.15, 0.2) is 0 Å². The monoisotopic (exact) mass is 383 g/mol. The molecule has 0 unspecified atom stereocenters. The second-order valence-corrected chi connectivity index (χ2v) is 5.38. The minimum Gasteiger partial charge on any atom is -0.478 e. The molecule has 0 heterocycles. The van der Waals surface area contributed by atoms with Crippen LogP contribution in [0.3, 0.4) is 0 Å². The van der Waals surface area contributed by atoms with E-state index in [0.29, 0.717) is 16.8 Å². The van der Waals surface area contributed by atoms with Gasteiger partial charge in [0.1, 0.15) is 0 Å². The van der Waals surface area contributed by atoms with Crippen molar-refractivity contribution in [1.29, 1.82) is 0 Å². The van der Waals surface area contributed by atoms with Crippen molar-refractivity contribution in [3.63, 3.8) is 0 Å². The summed E-state index contributed by atoms with van der Waals surface area (Å²) in [6, 6.07) is 11.6. The Morgan fingerprint density at radius 2 is 1.57 bits per heavy atom. The first-order valence-corrected chi connectivity index (χ1v) is 8.15. The highest BCUT2D eigenvalue weighted by atomic mass is 16.5. The molecule has 0 aliphatic rings. The van der Waals surface area contributed by atoms with E-state index in [1.54, 1.807) is 6.92 Å². The number of esters is 1. The Bertz CT molecular complexity index is 904. The van der Waals surface area contributed by atoms with E-state index in [1.807, 2.05) is 0 Å². The van der Waals surface area contributed by atoms with Gasteiger partial charge in [0.05, 0.1) is 23.9 Å². The number of carboxylic acid groups (broad SMARTS) is 1. The average molecular weight is 383 g/mol. The van der Waals surface area contributed by atoms with Crippen LogP contribution < -0.4 is 10.7 Å². The van der Waals surface area contributed by atoms with Gasteiger partial charge in [0.2, 0.25) is 0 Å². The molecule has 2 rings (SSSR count). The van der Waals surface area contributed by atoms with Gasteiger partial charge < -0.3 is 15.2 Å². The maximum absolute atomic E-state index is 11.8. The van der Waals surface area contributed by atoms with Crippen molar-refractivity contribution < 1.29 is 29.0 Å². The molecule has 0 saturated heterocycles. The molecule has 0 spiro atoms. The van der Waals surface area contributed by atoms with Crippen LogP contribution in [-0.2, 0) is 14.3 Å². The molecule has 0 fully saturated rings. The number of hydrazone groups is 1. The first-order chi connectivity index (χ1) is 13.4. The van der Waals surface area contributed by atoms with Crippen LogP contribution in [0.5, 0.6) is 0 Å². The van der Waals surface area contributed by atoms with Gasteiger partial charge >= 0.3 is 23.8 Å². The van der Waals surface area contributed by atoms with Gasteiger partial charge in [-0.05, 0) is 48.9 Å². The summed E-state index contributed by atoms with van der Waals surface area (Å²) in [5.74, 6) is -3.47. The number of rotatable bonds is 6. The molecule has 28 heavy (non-hydrogen) atoms. The van der Waals surface area contributed by atoms with Crippen molar-refractivity contribution in [1.82, 2.24) is 5.43 Å². The number of hydrogen-bond donors (Lipinski definition) is 3. The topological polar surface area (TPSA) is 134 Å². The molecule has 0 aliphatic carbocycles. The smallest absolute Gasteiger partial charge is 0.338 e. The molecule has 0 aromatic heterocycles. The van der Waals surface area contributed by atoms with Crippen molar-refractivity contribution >= 4 is 35.7 Å². The number of ether oxygens (including phenoxy) is 1. The van der Waals surface area contributed by atoms with Crippen LogP contribution in [0.4, 0.5) is 5.69 Å². The normalized spacial score (nSPS) is 10.3. The maximum atomic E-state index is 11.8. The zero-order valence-corrected chi connectivity index (χ0v) is 14.8. The third-order valence-corrected chi connectivity index (χ3v) is 3.40. The Morgan fingerprint density at radius 3 is 2.14 bits per heavy atom. The lowest BCUT2D eigenvalue weighted by atomic mass is 10.1. The number of aromatic carboxylic acids is 1. The Morgan fingerprint density at radius 1 is 0.964 bits per heavy atom. The number of nitrogens with one attached hydrogen (secondary N) is 2. The zero-order valence-electron chi connectivity index (χ0n) is 14.8. The lowest BCUT2D eigenvalue weighted by molar-refractivity contribution is -0.136. The van der Waals surface area contributed by atoms with E-state index in [0.717, 1.165) is 0 Å². The molecular formula is C19H17N3O6. The van der Waals surface area contributed by atoms with Gasteiger partial charge in [-0.2, -0.15) is 5.10 Å². The molecule has 0 atom stereocenters. The van der Waals surface area contributed by atoms with Gasteiger partial charge in [-0.15, -0.1) is 0 Å². The Hall–Kier alpha value is -4.01. The van der Waals surface area contributed by atoms with Crippen molar-refractivity contribution in [3.8, 4) is 0 Å². The van der Waals surface area contributed by atoms with E-state index in [-0.39, 0.29) is 12.2 Å². The summed E-state index contributed by atoms with van der Waals surface area (Å²) in [6.07, 6.45) is 1.27. The predicted molar refractivity (Wildman–Crippen MR) is 100 cm³/mol. The average Bonchev–Trinajstić information content (AvgIpc) is 2.69. The third kappa shape index (κ3) is 5.77. The number of hydrogen-bond acceptors (Lipinski definition) is 6. The van der Waals surface area contributed by atoms with Crippen LogP contribution in [-0.4, -0.2) is 41.7 Å². The van der Waals surface area contributed by atoms with Crippen molar-refractivity contribution in [2.45, 2.75) is 6.92 Å². The van der Waals surface area contributed by atoms with Crippen molar-refractivity contribution in [2.75, 3.05) is 11.9 Å². The molecule has 0 saturated carbocycles. The molecule has 2 aromatic carbocycles. The number of carbonyl (C=O) groups is 4. The highest BCUT2D eigenvalue weighted by Crippen LogP contribution is 2.10. The van der Waals surface area contributed by atoms with E-state index in [1.165, 1.54) is 54.7 Å². The van der Waals surface area contributed by atoms with Gasteiger partial charge in [0.25, 0.3) is 0 Å². The number of benzene rings is 2. The lowest BCUT2D eigenvalue weighted by Crippen LogP contribution is -2.32. The second-order valence-electron chi connectivity index (χ2n) is 5.38. The second kappa shape index (κ2) is 9.62. The summed E-state index contributed by atoms with van der Waals surface area (Å²) >= 11 is 0. The van der Waals surface area contributed by atoms with E-state index in [2.05, 4.69) is 15.8 Å². The van der Waals surface area contributed by atoms with E-state index in [9.17, 15) is 19.2 Å². The van der Waals surface area contributed by atoms with Gasteiger partial charge in [0, 0.05) is 5.69 Å². The number of carbonyl (C=O) groups excluding carboxylic acids is 3. The molecule has 2 amide bonds. The zero-order chi connectivity index (χ0) is 20.5. The summed E-state index contributed by atoms with van der Waals surface area (Å²) in [4.78, 5) is 45.9. The fourth-order valence-electron chi connectivity index (χ4n) is 2.02. The van der Waals surface area contributed by atoms with Crippen LogP contribution in [0.25, 0.3) is 0 Å². The molecule has 9 heteroatoms. The summed E-state index contributed by atoms with van der Waals surface area (Å²) in [5, 5.41) is 14.8. The number of carboxylic acids is 1. The number of anilines is 1. The van der Waals surface area contributed by atoms with Crippen LogP contribution >= 0.6 is 0 Å². The van der Waals surface area contributed by atoms with Crippen LogP contribution in [0.15, 0.2) is 53.6 Å². The van der Waals surface area contributed by atoms with Gasteiger partial charge in [-0.25, -0.2) is 15.0 Å². The van der Waals surface area contributed by atoms with E-state index < -0.39 is 23.8 Å². The number of nitrogens with zero attached hydrogens (tertiary/aromatic N) is 1. The Kier molecular flexibility index (Phi) is 6.98. The molecule has 0 aliphatic heterocycles. The Balaban J connectivity index is 1.87. The summed E-state index contributed by atoms with van der Waals surface area (Å²) in [6.45, 7) is 1.94. The fraction of sp³-hybridized carbons (Fsp3) is 0.105. The van der Waals surface area contributed by atoms with Crippen molar-refractivity contribution in [2.24, 2.45) is 5.10 Å². The summed E-state index contributed by atoms with van der Waals surface area (Å²) in [7, 11) is 0. The predicted octanol–water partition coefficient (Wildman–Crippen LogP) is 1.65. The molecule has 3 N–H and O–H groups in total. The molecular weight excluding hydrogens is 366 g/mol. The van der Waals surface area contributed by atoms with Crippen LogP contribution in [0, 0.1) is 0 Å². The molecule has 144 valence electrons. The minimum absolute atomic E-state index is 0.120. The molecule has 2 aromatic rings. The Labute approximate surface area is 160 Å². The van der Waals surface area contributed by atoms with Crippen LogP contribution in [0.1, 0.15) is 33.2 Å². The van der Waals surface area contributed by atoms with Gasteiger partial charge in [-0.3, -0.25) is 9.59 Å². The largest absolute Gasteiger partial charge is 0.478 e. The first kappa shape index (κ1) is 20.3. The van der Waals surface area contributed by atoms with E-state index in [4.69, 9.17) is 9.84 Å². The fourth-order valence-corrected chi connectivity index (χ4v) is 2.02. The standard InChI is InChI=1S/C19H17N3O6/c1-2-28-19(27)14-7-9-15(10-8-14)21-16(23)17(24)22-20-11-12-3-5-13(6-4-12)18(25)26/h3-11H,2H2,1H3,(H,21,23)(H,22,24)(H,25,26)/b20-11-. The number of amides is 2. The highest BCUT2D eigenvalue weighted by molar-refractivity contribution is 6.39. The van der Waals surface area contributed by atoms with E-state index >= 15 is 0 Å². The summed E-state index contributed by atoms with van der Waals surface area (Å²) < 4.78 is 4.85. The van der Waals surface area contributed by atoms with Crippen LogP contribution in [0.2, 0.25) is 0 Å². The molecule has 0 bridgehead atoms. The molecule has 9 nitrogen and oxygen atoms in total. The quantitative estimate of drug-likeness (QED) is 0.300. The summed E-state index contributed by atoms with van der Waals surface area (Å²) in [5.41, 5.74) is 3.37. The SMILES string of the molecule is CCOC(=O)c1ccc(NC(=O)C(=O)N/N=C\c2ccc(C(=O)O)cc2)cc1. The lowest BCUT2D eigenvalue weighted by Gasteiger charge is -2.05. The van der Waals surface area contributed by atoms with Gasteiger partial charge in [-0.1, -0.05) is 12.1 Å². The minimum atomic E-state index is -1.05. The highest BCUT2D eigenvalue weighted by Gasteiger charge is 2.13. The third-order valence-electron chi connectivity index (χ3n) is 3.40. The van der Waals surface area contributed by atoms with Crippen molar-refractivity contribution in [3.05, 3.63) is 65.2 Å². The molecule has 0 radical (unpaired) electrons.